The number of pyridine rings is 1. The number of alkyl carbamates (subject to hydrolysis) is 1. The maximum atomic E-state index is 11.9. The summed E-state index contributed by atoms with van der Waals surface area (Å²) in [6, 6.07) is 5.89. The summed E-state index contributed by atoms with van der Waals surface area (Å²) in [7, 11) is 1.76. The summed E-state index contributed by atoms with van der Waals surface area (Å²) in [4.78, 5) is 22.6. The Bertz CT molecular complexity index is 568. The van der Waals surface area contributed by atoms with Crippen molar-refractivity contribution in [3.8, 4) is 0 Å². The summed E-state index contributed by atoms with van der Waals surface area (Å²) in [5, 5.41) is 6.23. The molecule has 0 saturated carbocycles. The van der Waals surface area contributed by atoms with Crippen molar-refractivity contribution in [1.29, 1.82) is 0 Å². The number of hydrogen-bond donors (Lipinski definition) is 2. The lowest BCUT2D eigenvalue weighted by atomic mass is 10.2. The van der Waals surface area contributed by atoms with E-state index in [-0.39, 0.29) is 12.1 Å². The van der Waals surface area contributed by atoms with Gasteiger partial charge in [0.2, 0.25) is 0 Å². The van der Waals surface area contributed by atoms with Gasteiger partial charge in [-0.3, -0.25) is 9.98 Å². The molecule has 0 radical (unpaired) electrons. The zero-order valence-electron chi connectivity index (χ0n) is 14.9. The number of carbonyl (C=O) groups excluding carboxylic acids is 1. The molecule has 1 amide bonds. The fourth-order valence-corrected chi connectivity index (χ4v) is 2.55. The van der Waals surface area contributed by atoms with Gasteiger partial charge in [-0.25, -0.2) is 4.79 Å². The van der Waals surface area contributed by atoms with Crippen molar-refractivity contribution in [3.63, 3.8) is 0 Å². The maximum Gasteiger partial charge on any atom is 0.407 e. The first-order valence-corrected chi connectivity index (χ1v) is 8.22. The minimum atomic E-state index is -0.483. The van der Waals surface area contributed by atoms with Crippen molar-refractivity contribution < 1.29 is 9.53 Å². The van der Waals surface area contributed by atoms with Crippen LogP contribution in [0.5, 0.6) is 0 Å². The number of amides is 1. The lowest BCUT2D eigenvalue weighted by Gasteiger charge is -2.23. The van der Waals surface area contributed by atoms with Gasteiger partial charge in [0.05, 0.1) is 18.3 Å². The lowest BCUT2D eigenvalue weighted by Crippen LogP contribution is -2.44. The van der Waals surface area contributed by atoms with E-state index in [1.54, 1.807) is 13.2 Å². The highest BCUT2D eigenvalue weighted by Gasteiger charge is 2.27. The van der Waals surface area contributed by atoms with Gasteiger partial charge in [-0.2, -0.15) is 0 Å². The van der Waals surface area contributed by atoms with Crippen molar-refractivity contribution >= 4 is 12.1 Å². The number of guanidine groups is 1. The summed E-state index contributed by atoms with van der Waals surface area (Å²) in [5.41, 5.74) is 0.476. The van der Waals surface area contributed by atoms with Crippen LogP contribution in [0.4, 0.5) is 4.79 Å². The second kappa shape index (κ2) is 7.99. The average molecular weight is 333 g/mol. The number of carbonyl (C=O) groups is 1. The van der Waals surface area contributed by atoms with Gasteiger partial charge in [0.25, 0.3) is 0 Å². The van der Waals surface area contributed by atoms with Crippen molar-refractivity contribution in [3.05, 3.63) is 30.1 Å². The third kappa shape index (κ3) is 5.72. The molecule has 0 aromatic carbocycles. The Kier molecular flexibility index (Phi) is 6.00. The van der Waals surface area contributed by atoms with Gasteiger partial charge in [-0.05, 0) is 39.3 Å². The normalized spacial score (nSPS) is 18.4. The third-order valence-corrected chi connectivity index (χ3v) is 3.57. The van der Waals surface area contributed by atoms with E-state index in [9.17, 15) is 4.79 Å². The van der Waals surface area contributed by atoms with Crippen LogP contribution in [0.25, 0.3) is 0 Å². The first-order valence-electron chi connectivity index (χ1n) is 8.22. The van der Waals surface area contributed by atoms with E-state index in [2.05, 4.69) is 25.5 Å². The second-order valence-corrected chi connectivity index (χ2v) is 6.80. The highest BCUT2D eigenvalue weighted by Crippen LogP contribution is 2.12. The summed E-state index contributed by atoms with van der Waals surface area (Å²) < 4.78 is 5.30. The molecule has 2 N–H and O–H groups in total. The topological polar surface area (TPSA) is 78.9 Å². The number of nitrogens with zero attached hydrogens (tertiary/aromatic N) is 3. The monoisotopic (exact) mass is 333 g/mol. The number of ether oxygens (including phenoxy) is 1. The molecule has 0 spiro atoms. The molecular weight excluding hydrogens is 306 g/mol. The van der Waals surface area contributed by atoms with Gasteiger partial charge >= 0.3 is 6.09 Å². The van der Waals surface area contributed by atoms with Crippen LogP contribution in [0.1, 0.15) is 32.9 Å². The molecule has 2 rings (SSSR count). The molecule has 7 nitrogen and oxygen atoms in total. The smallest absolute Gasteiger partial charge is 0.407 e. The summed E-state index contributed by atoms with van der Waals surface area (Å²) >= 11 is 0. The Morgan fingerprint density at radius 3 is 2.88 bits per heavy atom. The van der Waals surface area contributed by atoms with E-state index in [4.69, 9.17) is 4.74 Å². The van der Waals surface area contributed by atoms with Crippen LogP contribution in [0.15, 0.2) is 29.4 Å². The Hall–Kier alpha value is -2.31. The van der Waals surface area contributed by atoms with Crippen LogP contribution in [-0.4, -0.2) is 53.7 Å². The van der Waals surface area contributed by atoms with Crippen LogP contribution in [0.2, 0.25) is 0 Å². The number of nitrogens with one attached hydrogen (secondary N) is 2. The molecule has 1 aromatic rings. The molecular formula is C17H27N5O2. The molecule has 1 aliphatic rings. The Balaban J connectivity index is 1.81. The Labute approximate surface area is 143 Å². The molecule has 1 aromatic heterocycles. The van der Waals surface area contributed by atoms with Crippen LogP contribution >= 0.6 is 0 Å². The third-order valence-electron chi connectivity index (χ3n) is 3.57. The van der Waals surface area contributed by atoms with E-state index in [1.165, 1.54) is 0 Å². The number of rotatable bonds is 3. The van der Waals surface area contributed by atoms with Gasteiger partial charge in [-0.1, -0.05) is 6.07 Å². The number of aliphatic imine (C=N–C) groups is 1. The zero-order valence-corrected chi connectivity index (χ0v) is 14.9. The predicted molar refractivity (Wildman–Crippen MR) is 93.8 cm³/mol. The molecule has 0 bridgehead atoms. The summed E-state index contributed by atoms with van der Waals surface area (Å²) in [6.45, 7) is 7.74. The van der Waals surface area contributed by atoms with Gasteiger partial charge in [0.1, 0.15) is 5.60 Å². The molecule has 0 aliphatic carbocycles. The fourth-order valence-electron chi connectivity index (χ4n) is 2.55. The van der Waals surface area contributed by atoms with Crippen LogP contribution in [0, 0.1) is 0 Å². The van der Waals surface area contributed by atoms with Gasteiger partial charge in [0.15, 0.2) is 5.96 Å². The summed E-state index contributed by atoms with van der Waals surface area (Å²) in [5.74, 6) is 0.814. The second-order valence-electron chi connectivity index (χ2n) is 6.80. The van der Waals surface area contributed by atoms with E-state index < -0.39 is 5.60 Å². The average Bonchev–Trinajstić information content (AvgIpc) is 2.95. The molecule has 24 heavy (non-hydrogen) atoms. The van der Waals surface area contributed by atoms with Crippen molar-refractivity contribution in [1.82, 2.24) is 20.5 Å². The number of likely N-dealkylation sites (tertiary alicyclic amines) is 1. The SMILES string of the molecule is CN=C(NCc1ccccn1)N1CCC(NC(=O)OC(C)(C)C)C1. The minimum absolute atomic E-state index is 0.0632. The molecule has 1 saturated heterocycles. The highest BCUT2D eigenvalue weighted by atomic mass is 16.6. The van der Waals surface area contributed by atoms with Crippen molar-refractivity contribution in [2.24, 2.45) is 4.99 Å². The van der Waals surface area contributed by atoms with Crippen molar-refractivity contribution in [2.75, 3.05) is 20.1 Å². The number of hydrogen-bond acceptors (Lipinski definition) is 4. The van der Waals surface area contributed by atoms with Crippen LogP contribution in [0.3, 0.4) is 0 Å². The minimum Gasteiger partial charge on any atom is -0.444 e. The van der Waals surface area contributed by atoms with Gasteiger partial charge < -0.3 is 20.3 Å². The standard InChI is InChI=1S/C17H27N5O2/c1-17(2,3)24-16(23)21-14-8-10-22(12-14)15(18-4)20-11-13-7-5-6-9-19-13/h5-7,9,14H,8,10-12H2,1-4H3,(H,18,20)(H,21,23). The van der Waals surface area contributed by atoms with E-state index in [0.29, 0.717) is 13.1 Å². The van der Waals surface area contributed by atoms with Gasteiger partial charge in [0, 0.05) is 26.3 Å². The maximum absolute atomic E-state index is 11.9. The molecule has 1 fully saturated rings. The van der Waals surface area contributed by atoms with Crippen LogP contribution < -0.4 is 10.6 Å². The Morgan fingerprint density at radius 1 is 1.46 bits per heavy atom. The first-order chi connectivity index (χ1) is 11.4. The molecule has 7 heteroatoms. The fraction of sp³-hybridized carbons (Fsp3) is 0.588. The molecule has 132 valence electrons. The lowest BCUT2D eigenvalue weighted by molar-refractivity contribution is 0.0507. The largest absolute Gasteiger partial charge is 0.444 e. The molecule has 1 unspecified atom stereocenters. The Morgan fingerprint density at radius 2 is 2.25 bits per heavy atom. The zero-order chi connectivity index (χ0) is 17.6. The molecule has 1 aliphatic heterocycles. The van der Waals surface area contributed by atoms with Crippen molar-refractivity contribution in [2.45, 2.75) is 45.4 Å². The van der Waals surface area contributed by atoms with Gasteiger partial charge in [-0.15, -0.1) is 0 Å². The van der Waals surface area contributed by atoms with E-state index in [1.807, 2.05) is 39.0 Å². The predicted octanol–water partition coefficient (Wildman–Crippen LogP) is 1.76. The first kappa shape index (κ1) is 18.0. The van der Waals surface area contributed by atoms with E-state index >= 15 is 0 Å². The van der Waals surface area contributed by atoms with Crippen LogP contribution in [-0.2, 0) is 11.3 Å². The molecule has 2 heterocycles. The quantitative estimate of drug-likeness (QED) is 0.651. The number of aromatic nitrogens is 1. The summed E-state index contributed by atoms with van der Waals surface area (Å²) in [6.07, 6.45) is 2.27. The molecule has 1 atom stereocenters. The highest BCUT2D eigenvalue weighted by molar-refractivity contribution is 5.80. The van der Waals surface area contributed by atoms with E-state index in [0.717, 1.165) is 24.6 Å².